The lowest BCUT2D eigenvalue weighted by Gasteiger charge is -2.26. The predicted molar refractivity (Wildman–Crippen MR) is 127 cm³/mol. The molecule has 33 heavy (non-hydrogen) atoms. The Kier molecular flexibility index (Phi) is 6.24. The van der Waals surface area contributed by atoms with Crippen LogP contribution in [0.2, 0.25) is 0 Å². The molecule has 0 radical (unpaired) electrons. The molecule has 0 amide bonds. The first-order chi connectivity index (χ1) is 16.1. The summed E-state index contributed by atoms with van der Waals surface area (Å²) in [6.45, 7) is 4.74. The van der Waals surface area contributed by atoms with Crippen molar-refractivity contribution in [3.8, 4) is 5.69 Å². The Bertz CT molecular complexity index is 1310. The Morgan fingerprint density at radius 2 is 1.82 bits per heavy atom. The summed E-state index contributed by atoms with van der Waals surface area (Å²) in [4.78, 5) is 22.5. The van der Waals surface area contributed by atoms with Crippen molar-refractivity contribution >= 4 is 22.7 Å². The van der Waals surface area contributed by atoms with E-state index in [9.17, 15) is 9.18 Å². The average molecular weight is 465 g/mol. The van der Waals surface area contributed by atoms with Crippen LogP contribution in [0.5, 0.6) is 0 Å². The fraction of sp³-hybridized carbons (Fsp3) is 0.333. The molecule has 1 fully saturated rings. The molecular formula is C24H25FN6OS. The number of aromatic amines is 1. The number of aromatic nitrogens is 5. The van der Waals surface area contributed by atoms with Gasteiger partial charge in [0.05, 0.1) is 22.7 Å². The summed E-state index contributed by atoms with van der Waals surface area (Å²) < 4.78 is 15.6. The lowest BCUT2D eigenvalue weighted by Crippen LogP contribution is -2.30. The monoisotopic (exact) mass is 464 g/mol. The van der Waals surface area contributed by atoms with Crippen molar-refractivity contribution in [3.05, 3.63) is 76.4 Å². The lowest BCUT2D eigenvalue weighted by atomic mass is 10.1. The molecule has 0 spiro atoms. The first kappa shape index (κ1) is 21.8. The molecule has 2 aromatic heterocycles. The Morgan fingerprint density at radius 3 is 2.61 bits per heavy atom. The van der Waals surface area contributed by atoms with E-state index in [2.05, 4.69) is 25.1 Å². The van der Waals surface area contributed by atoms with Gasteiger partial charge in [0.1, 0.15) is 11.6 Å². The van der Waals surface area contributed by atoms with Crippen molar-refractivity contribution < 1.29 is 4.39 Å². The van der Waals surface area contributed by atoms with Gasteiger partial charge in [-0.25, -0.2) is 9.37 Å². The van der Waals surface area contributed by atoms with Crippen LogP contribution in [0.4, 0.5) is 4.39 Å². The van der Waals surface area contributed by atoms with Crippen LogP contribution in [0.15, 0.2) is 58.5 Å². The van der Waals surface area contributed by atoms with Crippen LogP contribution in [0, 0.1) is 5.82 Å². The number of para-hydroxylation sites is 1. The summed E-state index contributed by atoms with van der Waals surface area (Å²) in [7, 11) is 0. The number of H-pyrrole nitrogens is 1. The molecular weight excluding hydrogens is 439 g/mol. The largest absolute Gasteiger partial charge is 0.309 e. The van der Waals surface area contributed by atoms with Gasteiger partial charge in [0.2, 0.25) is 0 Å². The Morgan fingerprint density at radius 1 is 1.06 bits per heavy atom. The number of benzene rings is 2. The van der Waals surface area contributed by atoms with E-state index in [1.54, 1.807) is 18.2 Å². The van der Waals surface area contributed by atoms with Gasteiger partial charge < -0.3 is 4.98 Å². The highest BCUT2D eigenvalue weighted by molar-refractivity contribution is 7.99. The maximum atomic E-state index is 13.6. The van der Waals surface area contributed by atoms with E-state index in [1.807, 2.05) is 29.7 Å². The van der Waals surface area contributed by atoms with E-state index in [0.29, 0.717) is 28.4 Å². The van der Waals surface area contributed by atoms with Crippen LogP contribution in [0.25, 0.3) is 16.6 Å². The quantitative estimate of drug-likeness (QED) is 0.424. The molecule has 1 aliphatic heterocycles. The molecule has 4 aromatic rings. The zero-order valence-electron chi connectivity index (χ0n) is 18.4. The Hall–Kier alpha value is -3.04. The van der Waals surface area contributed by atoms with E-state index in [4.69, 9.17) is 0 Å². The SMILES string of the molecule is CC(Sc1nnc(CN2CCCCC2)n1-c1ccc(F)cc1)c1nc2ccccc2c(=O)[nH]1. The first-order valence-corrected chi connectivity index (χ1v) is 12.0. The number of thioether (sulfide) groups is 1. The van der Waals surface area contributed by atoms with Gasteiger partial charge >= 0.3 is 0 Å². The smallest absolute Gasteiger partial charge is 0.258 e. The molecule has 1 aliphatic rings. The van der Waals surface area contributed by atoms with E-state index in [-0.39, 0.29) is 16.6 Å². The van der Waals surface area contributed by atoms with Crippen LogP contribution in [0.3, 0.4) is 0 Å². The zero-order valence-corrected chi connectivity index (χ0v) is 19.2. The molecule has 1 N–H and O–H groups in total. The normalized spacial score (nSPS) is 15.7. The Balaban J connectivity index is 1.48. The van der Waals surface area contributed by atoms with Gasteiger partial charge in [0.25, 0.3) is 5.56 Å². The van der Waals surface area contributed by atoms with Crippen LogP contribution < -0.4 is 5.56 Å². The molecule has 2 aromatic carbocycles. The minimum absolute atomic E-state index is 0.158. The van der Waals surface area contributed by atoms with E-state index >= 15 is 0 Å². The highest BCUT2D eigenvalue weighted by atomic mass is 32.2. The number of likely N-dealkylation sites (tertiary alicyclic amines) is 1. The second-order valence-corrected chi connectivity index (χ2v) is 9.58. The summed E-state index contributed by atoms with van der Waals surface area (Å²) in [6.07, 6.45) is 3.63. The number of nitrogens with zero attached hydrogens (tertiary/aromatic N) is 5. The standard InChI is InChI=1S/C24H25FN6OS/c1-16(22-26-20-8-4-3-7-19(20)23(32)27-22)33-24-29-28-21(15-30-13-5-2-6-14-30)31(24)18-11-9-17(25)10-12-18/h3-4,7-12,16H,2,5-6,13-15H2,1H3,(H,26,27,32). The zero-order chi connectivity index (χ0) is 22.8. The van der Waals surface area contributed by atoms with E-state index < -0.39 is 0 Å². The van der Waals surface area contributed by atoms with Crippen molar-refractivity contribution in [2.24, 2.45) is 0 Å². The molecule has 0 aliphatic carbocycles. The second kappa shape index (κ2) is 9.44. The third kappa shape index (κ3) is 4.69. The molecule has 1 atom stereocenters. The van der Waals surface area contributed by atoms with Crippen LogP contribution in [-0.2, 0) is 6.54 Å². The van der Waals surface area contributed by atoms with Gasteiger partial charge in [0, 0.05) is 5.69 Å². The van der Waals surface area contributed by atoms with E-state index in [1.165, 1.54) is 43.2 Å². The Labute approximate surface area is 195 Å². The maximum absolute atomic E-state index is 13.6. The highest BCUT2D eigenvalue weighted by Gasteiger charge is 2.22. The number of rotatable bonds is 6. The van der Waals surface area contributed by atoms with Gasteiger partial charge in [-0.3, -0.25) is 14.3 Å². The topological polar surface area (TPSA) is 79.7 Å². The molecule has 170 valence electrons. The fourth-order valence-electron chi connectivity index (χ4n) is 4.16. The van der Waals surface area contributed by atoms with Crippen molar-refractivity contribution in [1.29, 1.82) is 0 Å². The molecule has 9 heteroatoms. The fourth-order valence-corrected chi connectivity index (χ4v) is 5.10. The van der Waals surface area contributed by atoms with Crippen LogP contribution in [0.1, 0.15) is 43.1 Å². The molecule has 1 unspecified atom stereocenters. The minimum Gasteiger partial charge on any atom is -0.309 e. The van der Waals surface area contributed by atoms with Gasteiger partial charge in [-0.15, -0.1) is 10.2 Å². The number of hydrogen-bond donors (Lipinski definition) is 1. The van der Waals surface area contributed by atoms with Crippen molar-refractivity contribution in [2.75, 3.05) is 13.1 Å². The maximum Gasteiger partial charge on any atom is 0.258 e. The van der Waals surface area contributed by atoms with Gasteiger partial charge in [-0.1, -0.05) is 30.3 Å². The number of halogens is 1. The van der Waals surface area contributed by atoms with Crippen molar-refractivity contribution in [2.45, 2.75) is 43.1 Å². The molecule has 3 heterocycles. The lowest BCUT2D eigenvalue weighted by molar-refractivity contribution is 0.214. The molecule has 1 saturated heterocycles. The summed E-state index contributed by atoms with van der Waals surface area (Å²) in [5.41, 5.74) is 1.31. The summed E-state index contributed by atoms with van der Waals surface area (Å²) in [5.74, 6) is 1.11. The summed E-state index contributed by atoms with van der Waals surface area (Å²) in [6, 6.07) is 13.7. The second-order valence-electron chi connectivity index (χ2n) is 8.28. The van der Waals surface area contributed by atoms with E-state index in [0.717, 1.165) is 24.6 Å². The van der Waals surface area contributed by atoms with Crippen LogP contribution >= 0.6 is 11.8 Å². The number of hydrogen-bond acceptors (Lipinski definition) is 6. The number of nitrogens with one attached hydrogen (secondary N) is 1. The predicted octanol–water partition coefficient (Wildman–Crippen LogP) is 4.48. The third-order valence-electron chi connectivity index (χ3n) is 5.90. The first-order valence-electron chi connectivity index (χ1n) is 11.2. The summed E-state index contributed by atoms with van der Waals surface area (Å²) >= 11 is 1.47. The van der Waals surface area contributed by atoms with Gasteiger partial charge in [0.15, 0.2) is 11.0 Å². The summed E-state index contributed by atoms with van der Waals surface area (Å²) in [5, 5.41) is 10.0. The minimum atomic E-state index is -0.287. The third-order valence-corrected chi connectivity index (χ3v) is 6.95. The van der Waals surface area contributed by atoms with Crippen molar-refractivity contribution in [1.82, 2.24) is 29.6 Å². The van der Waals surface area contributed by atoms with Gasteiger partial charge in [-0.2, -0.15) is 0 Å². The number of piperidine rings is 1. The molecule has 5 rings (SSSR count). The highest BCUT2D eigenvalue weighted by Crippen LogP contribution is 2.34. The van der Waals surface area contributed by atoms with Gasteiger partial charge in [-0.05, 0) is 69.3 Å². The van der Waals surface area contributed by atoms with Crippen molar-refractivity contribution in [3.63, 3.8) is 0 Å². The average Bonchev–Trinajstić information content (AvgIpc) is 3.22. The van der Waals surface area contributed by atoms with Crippen LogP contribution in [-0.4, -0.2) is 42.7 Å². The molecule has 0 saturated carbocycles. The molecule has 7 nitrogen and oxygen atoms in total. The molecule has 0 bridgehead atoms. The number of fused-ring (bicyclic) bond motifs is 1.